The van der Waals surface area contributed by atoms with Gasteiger partial charge in [0.2, 0.25) is 5.75 Å². The molecule has 0 saturated carbocycles. The van der Waals surface area contributed by atoms with Crippen molar-refractivity contribution in [2.45, 2.75) is 0 Å². The van der Waals surface area contributed by atoms with E-state index in [9.17, 15) is 5.26 Å². The molecule has 0 radical (unpaired) electrons. The SMILES string of the molecule is COc1cc2c(-c3cc(-c4cccc(Cl)c4Cl)c(C#N)c(N)n3)c[nH]c2c(OC)c1OC. The zero-order chi connectivity index (χ0) is 23.0. The molecule has 0 saturated heterocycles. The van der Waals surface area contributed by atoms with Gasteiger partial charge in [0.1, 0.15) is 17.5 Å². The molecule has 2 aromatic heterocycles. The maximum atomic E-state index is 9.71. The van der Waals surface area contributed by atoms with Crippen LogP contribution in [0.1, 0.15) is 5.56 Å². The first kappa shape index (κ1) is 21.6. The smallest absolute Gasteiger partial charge is 0.205 e. The topological polar surface area (TPSA) is 106 Å². The van der Waals surface area contributed by atoms with Crippen LogP contribution in [0.5, 0.6) is 17.2 Å². The number of ether oxygens (including phenoxy) is 3. The third-order valence-electron chi connectivity index (χ3n) is 5.16. The highest BCUT2D eigenvalue weighted by molar-refractivity contribution is 6.43. The molecule has 2 aromatic carbocycles. The highest BCUT2D eigenvalue weighted by atomic mass is 35.5. The number of nitrogens with zero attached hydrogens (tertiary/aromatic N) is 2. The first-order valence-corrected chi connectivity index (χ1v) is 10.2. The summed E-state index contributed by atoms with van der Waals surface area (Å²) in [6.45, 7) is 0. The van der Waals surface area contributed by atoms with Crippen molar-refractivity contribution in [3.05, 3.63) is 52.1 Å². The minimum absolute atomic E-state index is 0.0813. The minimum atomic E-state index is 0.0813. The number of hydrogen-bond acceptors (Lipinski definition) is 6. The van der Waals surface area contributed by atoms with Gasteiger partial charge in [0.25, 0.3) is 0 Å². The first-order valence-electron chi connectivity index (χ1n) is 9.40. The Bertz CT molecular complexity index is 1390. The second kappa shape index (κ2) is 8.50. The van der Waals surface area contributed by atoms with Crippen molar-refractivity contribution in [3.8, 4) is 45.7 Å². The Balaban J connectivity index is 2.02. The fourth-order valence-corrected chi connectivity index (χ4v) is 4.09. The molecule has 0 aliphatic heterocycles. The summed E-state index contributed by atoms with van der Waals surface area (Å²) in [5.41, 5.74) is 9.48. The summed E-state index contributed by atoms with van der Waals surface area (Å²) in [5.74, 6) is 1.54. The zero-order valence-corrected chi connectivity index (χ0v) is 18.9. The number of anilines is 1. The van der Waals surface area contributed by atoms with Gasteiger partial charge in [-0.15, -0.1) is 0 Å². The number of aromatic nitrogens is 2. The van der Waals surface area contributed by atoms with E-state index in [1.807, 2.05) is 6.07 Å². The highest BCUT2D eigenvalue weighted by Crippen LogP contribution is 2.46. The molecule has 0 spiro atoms. The largest absolute Gasteiger partial charge is 0.493 e. The van der Waals surface area contributed by atoms with Crippen LogP contribution in [-0.4, -0.2) is 31.3 Å². The summed E-state index contributed by atoms with van der Waals surface area (Å²) < 4.78 is 16.5. The standard InChI is InChI=1S/C23H18Cl2N4O3/c1-30-18-8-13-15(10-28-20(13)22(32-3)21(18)31-2)17-7-12(14(9-26)23(27)29-17)11-5-4-6-16(24)19(11)25/h4-8,10,28H,1-3H3,(H2,27,29). The lowest BCUT2D eigenvalue weighted by atomic mass is 9.98. The normalized spacial score (nSPS) is 10.8. The number of benzene rings is 2. The van der Waals surface area contributed by atoms with E-state index in [1.165, 1.54) is 0 Å². The van der Waals surface area contributed by atoms with Crippen molar-refractivity contribution in [2.75, 3.05) is 27.1 Å². The molecule has 4 aromatic rings. The molecular weight excluding hydrogens is 451 g/mol. The van der Waals surface area contributed by atoms with Crippen LogP contribution in [0.25, 0.3) is 33.3 Å². The van der Waals surface area contributed by atoms with Crippen molar-refractivity contribution in [1.82, 2.24) is 9.97 Å². The number of halogens is 2. The average molecular weight is 469 g/mol. The third kappa shape index (κ3) is 3.34. The molecule has 32 heavy (non-hydrogen) atoms. The quantitative estimate of drug-likeness (QED) is 0.389. The Kier molecular flexibility index (Phi) is 5.74. The Labute approximate surface area is 194 Å². The second-order valence-corrected chi connectivity index (χ2v) is 7.58. The maximum absolute atomic E-state index is 9.71. The van der Waals surface area contributed by atoms with Gasteiger partial charge in [0.05, 0.1) is 42.6 Å². The van der Waals surface area contributed by atoms with Gasteiger partial charge in [0, 0.05) is 28.3 Å². The fraction of sp³-hybridized carbons (Fsp3) is 0.130. The van der Waals surface area contributed by atoms with Gasteiger partial charge in [-0.25, -0.2) is 4.98 Å². The van der Waals surface area contributed by atoms with E-state index in [0.717, 1.165) is 10.9 Å². The van der Waals surface area contributed by atoms with Crippen LogP contribution in [0, 0.1) is 11.3 Å². The van der Waals surface area contributed by atoms with E-state index >= 15 is 0 Å². The third-order valence-corrected chi connectivity index (χ3v) is 5.98. The predicted molar refractivity (Wildman–Crippen MR) is 126 cm³/mol. The number of H-pyrrole nitrogens is 1. The van der Waals surface area contributed by atoms with Gasteiger partial charge < -0.3 is 24.9 Å². The van der Waals surface area contributed by atoms with Gasteiger partial charge in [-0.1, -0.05) is 35.3 Å². The van der Waals surface area contributed by atoms with Crippen LogP contribution in [0.15, 0.2) is 36.5 Å². The van der Waals surface area contributed by atoms with E-state index in [4.69, 9.17) is 43.1 Å². The Morgan fingerprint density at radius 3 is 2.41 bits per heavy atom. The number of nitrogens with one attached hydrogen (secondary N) is 1. The molecule has 0 unspecified atom stereocenters. The number of methoxy groups -OCH3 is 3. The molecule has 0 bridgehead atoms. The summed E-state index contributed by atoms with van der Waals surface area (Å²) in [6.07, 6.45) is 1.78. The molecule has 4 rings (SSSR count). The van der Waals surface area contributed by atoms with Gasteiger partial charge >= 0.3 is 0 Å². The van der Waals surface area contributed by atoms with E-state index in [0.29, 0.717) is 49.6 Å². The maximum Gasteiger partial charge on any atom is 0.205 e. The molecule has 162 valence electrons. The Morgan fingerprint density at radius 1 is 1.00 bits per heavy atom. The van der Waals surface area contributed by atoms with Crippen LogP contribution >= 0.6 is 23.2 Å². The second-order valence-electron chi connectivity index (χ2n) is 6.80. The Hall–Kier alpha value is -3.60. The van der Waals surface area contributed by atoms with Gasteiger partial charge in [0.15, 0.2) is 11.5 Å². The van der Waals surface area contributed by atoms with E-state index in [1.54, 1.807) is 51.8 Å². The summed E-state index contributed by atoms with van der Waals surface area (Å²) in [4.78, 5) is 7.68. The van der Waals surface area contributed by atoms with Crippen LogP contribution in [0.2, 0.25) is 10.0 Å². The number of hydrogen-bond donors (Lipinski definition) is 2. The van der Waals surface area contributed by atoms with Crippen LogP contribution in [0.4, 0.5) is 5.82 Å². The molecule has 0 atom stereocenters. The molecular formula is C23H18Cl2N4O3. The number of nitrogens with two attached hydrogens (primary N) is 1. The number of pyridine rings is 1. The van der Waals surface area contributed by atoms with Gasteiger partial charge in [-0.2, -0.15) is 5.26 Å². The lowest BCUT2D eigenvalue weighted by molar-refractivity contribution is 0.327. The van der Waals surface area contributed by atoms with Crippen molar-refractivity contribution in [3.63, 3.8) is 0 Å². The number of nitriles is 1. The lowest BCUT2D eigenvalue weighted by Crippen LogP contribution is -2.00. The van der Waals surface area contributed by atoms with Crippen molar-refractivity contribution < 1.29 is 14.2 Å². The minimum Gasteiger partial charge on any atom is -0.493 e. The number of rotatable bonds is 5. The summed E-state index contributed by atoms with van der Waals surface area (Å²) >= 11 is 12.6. The summed E-state index contributed by atoms with van der Waals surface area (Å²) in [5, 5.41) is 11.2. The lowest BCUT2D eigenvalue weighted by Gasteiger charge is -2.14. The van der Waals surface area contributed by atoms with Crippen molar-refractivity contribution in [2.24, 2.45) is 0 Å². The number of aromatic amines is 1. The summed E-state index contributed by atoms with van der Waals surface area (Å²) in [7, 11) is 4.64. The Morgan fingerprint density at radius 2 is 1.75 bits per heavy atom. The molecule has 3 N–H and O–H groups in total. The van der Waals surface area contributed by atoms with Crippen LogP contribution in [0.3, 0.4) is 0 Å². The van der Waals surface area contributed by atoms with E-state index in [2.05, 4.69) is 16.0 Å². The van der Waals surface area contributed by atoms with Crippen molar-refractivity contribution in [1.29, 1.82) is 5.26 Å². The first-order chi connectivity index (χ1) is 15.4. The zero-order valence-electron chi connectivity index (χ0n) is 17.4. The van der Waals surface area contributed by atoms with Gasteiger partial charge in [-0.3, -0.25) is 0 Å². The molecule has 0 fully saturated rings. The summed E-state index contributed by atoms with van der Waals surface area (Å²) in [6, 6.07) is 10.9. The molecule has 0 aliphatic carbocycles. The number of fused-ring (bicyclic) bond motifs is 1. The van der Waals surface area contributed by atoms with Crippen molar-refractivity contribution >= 4 is 39.9 Å². The average Bonchev–Trinajstić information content (AvgIpc) is 3.22. The van der Waals surface area contributed by atoms with Crippen LogP contribution in [-0.2, 0) is 0 Å². The van der Waals surface area contributed by atoms with E-state index < -0.39 is 0 Å². The van der Waals surface area contributed by atoms with Gasteiger partial charge in [-0.05, 0) is 18.2 Å². The molecule has 0 amide bonds. The monoisotopic (exact) mass is 468 g/mol. The molecule has 2 heterocycles. The highest BCUT2D eigenvalue weighted by Gasteiger charge is 2.22. The molecule has 7 nitrogen and oxygen atoms in total. The number of nitrogen functional groups attached to an aromatic ring is 1. The molecule has 9 heteroatoms. The predicted octanol–water partition coefficient (Wildman–Crippen LogP) is 5.68. The van der Waals surface area contributed by atoms with Crippen LogP contribution < -0.4 is 19.9 Å². The molecule has 0 aliphatic rings. The van der Waals surface area contributed by atoms with E-state index in [-0.39, 0.29) is 11.4 Å². The fourth-order valence-electron chi connectivity index (χ4n) is 3.69.